The van der Waals surface area contributed by atoms with Gasteiger partial charge in [-0.15, -0.1) is 0 Å². The molecule has 0 amide bonds. The van der Waals surface area contributed by atoms with E-state index in [1.807, 2.05) is 42.6 Å². The van der Waals surface area contributed by atoms with Crippen LogP contribution in [-0.4, -0.2) is 17.3 Å². The van der Waals surface area contributed by atoms with E-state index in [4.69, 9.17) is 4.74 Å². The largest absolute Gasteiger partial charge is 0.477 e. The highest BCUT2D eigenvalue weighted by Gasteiger charge is 2.24. The predicted molar refractivity (Wildman–Crippen MR) is 113 cm³/mol. The Morgan fingerprint density at radius 3 is 2.27 bits per heavy atom. The summed E-state index contributed by atoms with van der Waals surface area (Å²) >= 11 is 0. The number of ether oxygens (including phenoxy) is 1. The lowest BCUT2D eigenvalue weighted by Crippen LogP contribution is -2.03. The fourth-order valence-corrected chi connectivity index (χ4v) is 3.82. The van der Waals surface area contributed by atoms with E-state index in [0.29, 0.717) is 23.9 Å². The van der Waals surface area contributed by atoms with Crippen LogP contribution in [0.25, 0.3) is 11.1 Å². The Kier molecular flexibility index (Phi) is 5.03. The van der Waals surface area contributed by atoms with E-state index in [1.54, 1.807) is 0 Å². The molecule has 1 aromatic heterocycles. The van der Waals surface area contributed by atoms with Crippen LogP contribution >= 0.6 is 0 Å². The number of aliphatic imine (C=N–C) groups is 1. The standard InChI is InChI=1S/C25H22F2N2O/c26-20-2-1-3-21(27)25(20)23-12-11-22(29-23)18-8-6-17(7-9-18)19-10-13-24(28-14-19)30-15-16-4-5-16/h1-3,6-10,13-14,16,22H,4-5,11-12,15H2. The maximum atomic E-state index is 14.1. The van der Waals surface area contributed by atoms with Gasteiger partial charge in [0.2, 0.25) is 5.88 Å². The molecule has 30 heavy (non-hydrogen) atoms. The first kappa shape index (κ1) is 18.9. The van der Waals surface area contributed by atoms with Gasteiger partial charge in [-0.1, -0.05) is 30.3 Å². The summed E-state index contributed by atoms with van der Waals surface area (Å²) in [5, 5.41) is 0. The zero-order chi connectivity index (χ0) is 20.5. The van der Waals surface area contributed by atoms with Crippen LogP contribution in [0.1, 0.15) is 42.9 Å². The molecule has 2 aliphatic rings. The fraction of sp³-hybridized carbons (Fsp3) is 0.280. The van der Waals surface area contributed by atoms with Gasteiger partial charge in [0.25, 0.3) is 0 Å². The highest BCUT2D eigenvalue weighted by atomic mass is 19.1. The average molecular weight is 404 g/mol. The van der Waals surface area contributed by atoms with Crippen molar-refractivity contribution in [3.05, 3.63) is 83.6 Å². The third kappa shape index (κ3) is 3.97. The van der Waals surface area contributed by atoms with Crippen LogP contribution in [0, 0.1) is 17.6 Å². The smallest absolute Gasteiger partial charge is 0.213 e. The number of benzene rings is 2. The highest BCUT2D eigenvalue weighted by molar-refractivity contribution is 6.02. The first-order valence-corrected chi connectivity index (χ1v) is 10.4. The average Bonchev–Trinajstić information content (AvgIpc) is 3.48. The summed E-state index contributed by atoms with van der Waals surface area (Å²) in [5.74, 6) is 0.256. The van der Waals surface area contributed by atoms with Crippen LogP contribution in [0.5, 0.6) is 5.88 Å². The number of rotatable bonds is 6. The first-order valence-electron chi connectivity index (χ1n) is 10.4. The van der Waals surface area contributed by atoms with Gasteiger partial charge in [-0.3, -0.25) is 4.99 Å². The van der Waals surface area contributed by atoms with Gasteiger partial charge in [0.15, 0.2) is 0 Å². The van der Waals surface area contributed by atoms with E-state index < -0.39 is 11.6 Å². The maximum Gasteiger partial charge on any atom is 0.213 e. The third-order valence-corrected chi connectivity index (χ3v) is 5.75. The molecule has 2 aromatic carbocycles. The molecule has 3 nitrogen and oxygen atoms in total. The summed E-state index contributed by atoms with van der Waals surface area (Å²) in [6.45, 7) is 0.752. The zero-order valence-electron chi connectivity index (χ0n) is 16.5. The number of hydrogen-bond donors (Lipinski definition) is 0. The summed E-state index contributed by atoms with van der Waals surface area (Å²) in [6.07, 6.45) is 5.65. The molecule has 0 N–H and O–H groups in total. The summed E-state index contributed by atoms with van der Waals surface area (Å²) in [5.41, 5.74) is 3.63. The molecule has 5 heteroatoms. The van der Waals surface area contributed by atoms with Crippen molar-refractivity contribution >= 4 is 5.71 Å². The van der Waals surface area contributed by atoms with Crippen LogP contribution in [0.3, 0.4) is 0 Å². The van der Waals surface area contributed by atoms with Crippen LogP contribution in [0.2, 0.25) is 0 Å². The molecule has 1 saturated carbocycles. The lowest BCUT2D eigenvalue weighted by molar-refractivity contribution is 0.288. The molecule has 1 unspecified atom stereocenters. The maximum absolute atomic E-state index is 14.1. The lowest BCUT2D eigenvalue weighted by Gasteiger charge is -2.09. The molecular weight excluding hydrogens is 382 g/mol. The van der Waals surface area contributed by atoms with E-state index in [2.05, 4.69) is 9.98 Å². The van der Waals surface area contributed by atoms with Crippen molar-refractivity contribution in [2.75, 3.05) is 6.61 Å². The number of aromatic nitrogens is 1. The molecule has 0 bridgehead atoms. The van der Waals surface area contributed by atoms with Crippen LogP contribution in [0.15, 0.2) is 65.8 Å². The van der Waals surface area contributed by atoms with Crippen LogP contribution in [-0.2, 0) is 0 Å². The minimum atomic E-state index is -0.554. The van der Waals surface area contributed by atoms with E-state index in [1.165, 1.54) is 31.0 Å². The van der Waals surface area contributed by atoms with Crippen molar-refractivity contribution in [1.29, 1.82) is 0 Å². The molecule has 0 spiro atoms. The molecule has 1 fully saturated rings. The highest BCUT2D eigenvalue weighted by Crippen LogP contribution is 2.34. The van der Waals surface area contributed by atoms with E-state index in [9.17, 15) is 8.78 Å². The number of hydrogen-bond acceptors (Lipinski definition) is 3. The number of nitrogens with zero attached hydrogens (tertiary/aromatic N) is 2. The van der Waals surface area contributed by atoms with Gasteiger partial charge >= 0.3 is 0 Å². The summed E-state index contributed by atoms with van der Waals surface area (Å²) < 4.78 is 33.8. The Morgan fingerprint density at radius 1 is 0.867 bits per heavy atom. The zero-order valence-corrected chi connectivity index (χ0v) is 16.5. The monoisotopic (exact) mass is 404 g/mol. The van der Waals surface area contributed by atoms with Crippen LogP contribution < -0.4 is 4.74 Å². The molecule has 2 heterocycles. The molecule has 0 saturated heterocycles. The topological polar surface area (TPSA) is 34.5 Å². The minimum Gasteiger partial charge on any atom is -0.477 e. The third-order valence-electron chi connectivity index (χ3n) is 5.75. The van der Waals surface area contributed by atoms with Gasteiger partial charge in [0, 0.05) is 23.5 Å². The summed E-state index contributed by atoms with van der Waals surface area (Å²) in [4.78, 5) is 9.01. The van der Waals surface area contributed by atoms with E-state index in [0.717, 1.165) is 29.7 Å². The van der Waals surface area contributed by atoms with Gasteiger partial charge in [-0.05, 0) is 60.9 Å². The first-order chi connectivity index (χ1) is 14.7. The summed E-state index contributed by atoms with van der Waals surface area (Å²) in [7, 11) is 0. The van der Waals surface area contributed by atoms with Crippen molar-refractivity contribution in [3.63, 3.8) is 0 Å². The molecule has 1 aliphatic carbocycles. The van der Waals surface area contributed by atoms with E-state index >= 15 is 0 Å². The SMILES string of the molecule is Fc1cccc(F)c1C1=NC(c2ccc(-c3ccc(OCC4CC4)nc3)cc2)CC1. The second-order valence-electron chi connectivity index (χ2n) is 7.99. The quantitative estimate of drug-likeness (QED) is 0.495. The lowest BCUT2D eigenvalue weighted by atomic mass is 10.00. The van der Waals surface area contributed by atoms with E-state index in [-0.39, 0.29) is 11.6 Å². The Balaban J connectivity index is 1.30. The van der Waals surface area contributed by atoms with Crippen molar-refractivity contribution < 1.29 is 13.5 Å². The normalized spacial score (nSPS) is 18.3. The van der Waals surface area contributed by atoms with Gasteiger partial charge in [-0.25, -0.2) is 13.8 Å². The molecule has 5 rings (SSSR count). The van der Waals surface area contributed by atoms with Gasteiger partial charge in [-0.2, -0.15) is 0 Å². The molecule has 0 radical (unpaired) electrons. The molecular formula is C25H22F2N2O. The predicted octanol–water partition coefficient (Wildman–Crippen LogP) is 6.14. The molecule has 1 aliphatic heterocycles. The van der Waals surface area contributed by atoms with Crippen LogP contribution in [0.4, 0.5) is 8.78 Å². The van der Waals surface area contributed by atoms with Gasteiger partial charge < -0.3 is 4.74 Å². The van der Waals surface area contributed by atoms with Crippen molar-refractivity contribution in [1.82, 2.24) is 4.98 Å². The number of pyridine rings is 1. The number of halogens is 2. The van der Waals surface area contributed by atoms with Gasteiger partial charge in [0.05, 0.1) is 18.2 Å². The Hall–Kier alpha value is -3.08. The second-order valence-corrected chi connectivity index (χ2v) is 7.99. The second kappa shape index (κ2) is 7.98. The Morgan fingerprint density at radius 2 is 1.60 bits per heavy atom. The van der Waals surface area contributed by atoms with Gasteiger partial charge in [0.1, 0.15) is 11.6 Å². The fourth-order valence-electron chi connectivity index (χ4n) is 3.82. The minimum absolute atomic E-state index is 0.00619. The molecule has 1 atom stereocenters. The van der Waals surface area contributed by atoms with Crippen molar-refractivity contribution in [2.24, 2.45) is 10.9 Å². The Bertz CT molecular complexity index is 1050. The Labute approximate surface area is 174 Å². The molecule has 3 aromatic rings. The van der Waals surface area contributed by atoms with Crippen molar-refractivity contribution in [2.45, 2.75) is 31.7 Å². The summed E-state index contributed by atoms with van der Waals surface area (Å²) in [6, 6.07) is 15.9. The van der Waals surface area contributed by atoms with Crippen molar-refractivity contribution in [3.8, 4) is 17.0 Å². The molecule has 152 valence electrons.